The van der Waals surface area contributed by atoms with Crippen molar-refractivity contribution in [3.63, 3.8) is 0 Å². The minimum atomic E-state index is 0. The van der Waals surface area contributed by atoms with E-state index in [1.54, 1.807) is 7.05 Å². The topological polar surface area (TPSA) is 56.7 Å². The third kappa shape index (κ3) is 6.55. The van der Waals surface area contributed by atoms with Crippen LogP contribution >= 0.6 is 35.6 Å². The van der Waals surface area contributed by atoms with Gasteiger partial charge in [-0.15, -0.1) is 24.0 Å². The summed E-state index contributed by atoms with van der Waals surface area (Å²) in [6.07, 6.45) is 2.06. The van der Waals surface area contributed by atoms with Crippen LogP contribution in [0.2, 0.25) is 5.02 Å². The number of carbonyl (C=O) groups excluding carboxylic acids is 1. The summed E-state index contributed by atoms with van der Waals surface area (Å²) in [5, 5.41) is 6.92. The Bertz CT molecular complexity index is 549. The standard InChI is InChI=1S/C16H23ClN4O.HI/c1-18-16(20-10-9-19-15(22)12-7-8-12)21(2)11-13-5-3-4-6-14(13)17;/h3-6,12H,7-11H2,1-2H3,(H,18,20)(H,19,22);1H. The molecule has 1 amide bonds. The molecule has 0 aliphatic heterocycles. The Morgan fingerprint density at radius 3 is 2.57 bits per heavy atom. The summed E-state index contributed by atoms with van der Waals surface area (Å²) < 4.78 is 0. The predicted octanol–water partition coefficient (Wildman–Crippen LogP) is 2.49. The second-order valence-corrected chi connectivity index (χ2v) is 5.89. The van der Waals surface area contributed by atoms with E-state index in [1.807, 2.05) is 36.2 Å². The van der Waals surface area contributed by atoms with Crippen molar-refractivity contribution in [1.29, 1.82) is 0 Å². The lowest BCUT2D eigenvalue weighted by Gasteiger charge is -2.22. The number of carbonyl (C=O) groups is 1. The van der Waals surface area contributed by atoms with Gasteiger partial charge in [-0.25, -0.2) is 0 Å². The van der Waals surface area contributed by atoms with Crippen LogP contribution in [0.4, 0.5) is 0 Å². The van der Waals surface area contributed by atoms with Gasteiger partial charge in [0, 0.05) is 44.7 Å². The smallest absolute Gasteiger partial charge is 0.223 e. The normalized spacial score (nSPS) is 14.0. The molecule has 2 N–H and O–H groups in total. The zero-order valence-electron chi connectivity index (χ0n) is 13.5. The van der Waals surface area contributed by atoms with Crippen molar-refractivity contribution in [3.05, 3.63) is 34.9 Å². The molecule has 5 nitrogen and oxygen atoms in total. The van der Waals surface area contributed by atoms with Crippen LogP contribution in [0, 0.1) is 5.92 Å². The number of hydrogen-bond acceptors (Lipinski definition) is 2. The van der Waals surface area contributed by atoms with Gasteiger partial charge in [-0.05, 0) is 24.5 Å². The predicted molar refractivity (Wildman–Crippen MR) is 105 cm³/mol. The van der Waals surface area contributed by atoms with E-state index < -0.39 is 0 Å². The Balaban J connectivity index is 0.00000264. The highest BCUT2D eigenvalue weighted by atomic mass is 127. The molecule has 2 rings (SSSR count). The van der Waals surface area contributed by atoms with Gasteiger partial charge in [-0.1, -0.05) is 29.8 Å². The molecule has 1 fully saturated rings. The summed E-state index contributed by atoms with van der Waals surface area (Å²) in [5.74, 6) is 1.20. The van der Waals surface area contributed by atoms with Crippen molar-refractivity contribution in [2.24, 2.45) is 10.9 Å². The molecule has 1 saturated carbocycles. The van der Waals surface area contributed by atoms with E-state index in [0.717, 1.165) is 29.4 Å². The monoisotopic (exact) mass is 450 g/mol. The molecule has 0 unspecified atom stereocenters. The van der Waals surface area contributed by atoms with E-state index in [9.17, 15) is 4.79 Å². The molecule has 1 aliphatic carbocycles. The molecule has 128 valence electrons. The number of nitrogens with zero attached hydrogens (tertiary/aromatic N) is 2. The number of hydrogen-bond donors (Lipinski definition) is 2. The number of amides is 1. The minimum Gasteiger partial charge on any atom is -0.354 e. The molecule has 0 atom stereocenters. The quantitative estimate of drug-likeness (QED) is 0.303. The van der Waals surface area contributed by atoms with Crippen LogP contribution in [-0.2, 0) is 11.3 Å². The summed E-state index contributed by atoms with van der Waals surface area (Å²) in [5.41, 5.74) is 1.05. The molecule has 23 heavy (non-hydrogen) atoms. The maximum absolute atomic E-state index is 11.5. The molecule has 0 spiro atoms. The van der Waals surface area contributed by atoms with Crippen LogP contribution in [0.25, 0.3) is 0 Å². The highest BCUT2D eigenvalue weighted by Crippen LogP contribution is 2.28. The van der Waals surface area contributed by atoms with Crippen LogP contribution in [0.15, 0.2) is 29.3 Å². The molecule has 0 saturated heterocycles. The first kappa shape index (κ1) is 20.0. The van der Waals surface area contributed by atoms with Gasteiger partial charge < -0.3 is 15.5 Å². The first-order chi connectivity index (χ1) is 10.6. The Labute approximate surface area is 159 Å². The van der Waals surface area contributed by atoms with Gasteiger partial charge >= 0.3 is 0 Å². The summed E-state index contributed by atoms with van der Waals surface area (Å²) in [6.45, 7) is 1.93. The Hall–Kier alpha value is -1.02. The van der Waals surface area contributed by atoms with Gasteiger partial charge in [0.15, 0.2) is 5.96 Å². The average molecular weight is 451 g/mol. The number of halogens is 2. The van der Waals surface area contributed by atoms with Gasteiger partial charge in [-0.2, -0.15) is 0 Å². The van der Waals surface area contributed by atoms with Crippen LogP contribution in [-0.4, -0.2) is 44.0 Å². The fraction of sp³-hybridized carbons (Fsp3) is 0.500. The molecule has 1 aliphatic rings. The SMILES string of the molecule is CN=C(NCCNC(=O)C1CC1)N(C)Cc1ccccc1Cl.I. The minimum absolute atomic E-state index is 0. The van der Waals surface area contributed by atoms with E-state index in [-0.39, 0.29) is 35.8 Å². The lowest BCUT2D eigenvalue weighted by Crippen LogP contribution is -2.42. The maximum atomic E-state index is 11.5. The zero-order chi connectivity index (χ0) is 15.9. The van der Waals surface area contributed by atoms with E-state index in [0.29, 0.717) is 19.6 Å². The van der Waals surface area contributed by atoms with Crippen LogP contribution in [0.5, 0.6) is 0 Å². The number of nitrogens with one attached hydrogen (secondary N) is 2. The average Bonchev–Trinajstić information content (AvgIpc) is 3.34. The number of benzene rings is 1. The lowest BCUT2D eigenvalue weighted by molar-refractivity contribution is -0.122. The Morgan fingerprint density at radius 2 is 1.96 bits per heavy atom. The molecule has 7 heteroatoms. The summed E-state index contributed by atoms with van der Waals surface area (Å²) in [7, 11) is 3.70. The van der Waals surface area contributed by atoms with Gasteiger partial charge in [0.1, 0.15) is 0 Å². The largest absolute Gasteiger partial charge is 0.354 e. The van der Waals surface area contributed by atoms with E-state index in [2.05, 4.69) is 15.6 Å². The zero-order valence-corrected chi connectivity index (χ0v) is 16.6. The first-order valence-electron chi connectivity index (χ1n) is 7.54. The second-order valence-electron chi connectivity index (χ2n) is 5.49. The summed E-state index contributed by atoms with van der Waals surface area (Å²) in [6, 6.07) is 7.77. The molecule has 0 heterocycles. The molecular formula is C16H24ClIN4O. The fourth-order valence-corrected chi connectivity index (χ4v) is 2.39. The first-order valence-corrected chi connectivity index (χ1v) is 7.92. The maximum Gasteiger partial charge on any atom is 0.223 e. The van der Waals surface area contributed by atoms with E-state index >= 15 is 0 Å². The van der Waals surface area contributed by atoms with Gasteiger partial charge in [0.05, 0.1) is 0 Å². The summed E-state index contributed by atoms with van der Waals surface area (Å²) in [4.78, 5) is 17.8. The third-order valence-corrected chi connectivity index (χ3v) is 3.96. The number of guanidine groups is 1. The highest BCUT2D eigenvalue weighted by Gasteiger charge is 2.28. The second kappa shape index (κ2) is 9.97. The van der Waals surface area contributed by atoms with E-state index in [1.165, 1.54) is 0 Å². The van der Waals surface area contributed by atoms with Crippen LogP contribution < -0.4 is 10.6 Å². The van der Waals surface area contributed by atoms with Crippen molar-refractivity contribution in [1.82, 2.24) is 15.5 Å². The van der Waals surface area contributed by atoms with Crippen molar-refractivity contribution >= 4 is 47.4 Å². The Morgan fingerprint density at radius 1 is 1.30 bits per heavy atom. The van der Waals surface area contributed by atoms with Crippen molar-refractivity contribution in [2.45, 2.75) is 19.4 Å². The van der Waals surface area contributed by atoms with E-state index in [4.69, 9.17) is 11.6 Å². The fourth-order valence-electron chi connectivity index (χ4n) is 2.19. The highest BCUT2D eigenvalue weighted by molar-refractivity contribution is 14.0. The summed E-state index contributed by atoms with van der Waals surface area (Å²) >= 11 is 6.18. The molecule has 0 aromatic heterocycles. The molecule has 1 aromatic rings. The number of rotatable bonds is 6. The van der Waals surface area contributed by atoms with Crippen LogP contribution in [0.1, 0.15) is 18.4 Å². The molecule has 0 bridgehead atoms. The Kier molecular flexibility index (Phi) is 8.68. The van der Waals surface area contributed by atoms with Crippen molar-refractivity contribution in [3.8, 4) is 0 Å². The van der Waals surface area contributed by atoms with Gasteiger partial charge in [0.25, 0.3) is 0 Å². The lowest BCUT2D eigenvalue weighted by atomic mass is 10.2. The number of aliphatic imine (C=N–C) groups is 1. The molecular weight excluding hydrogens is 427 g/mol. The van der Waals surface area contributed by atoms with Gasteiger partial charge in [0.2, 0.25) is 5.91 Å². The van der Waals surface area contributed by atoms with Crippen LogP contribution in [0.3, 0.4) is 0 Å². The van der Waals surface area contributed by atoms with Crippen molar-refractivity contribution < 1.29 is 4.79 Å². The molecule has 1 aromatic carbocycles. The van der Waals surface area contributed by atoms with Gasteiger partial charge in [-0.3, -0.25) is 9.79 Å². The molecule has 0 radical (unpaired) electrons. The third-order valence-electron chi connectivity index (χ3n) is 3.59. The van der Waals surface area contributed by atoms with Crippen molar-refractivity contribution in [2.75, 3.05) is 27.2 Å².